The highest BCUT2D eigenvalue weighted by molar-refractivity contribution is 5.37. The van der Waals surface area contributed by atoms with E-state index in [9.17, 15) is 0 Å². The van der Waals surface area contributed by atoms with E-state index in [4.69, 9.17) is 4.74 Å². The summed E-state index contributed by atoms with van der Waals surface area (Å²) in [5, 5.41) is 3.78. The van der Waals surface area contributed by atoms with Crippen LogP contribution in [0, 0.1) is 0 Å². The predicted molar refractivity (Wildman–Crippen MR) is 74.2 cm³/mol. The van der Waals surface area contributed by atoms with Crippen LogP contribution in [0.4, 0.5) is 0 Å². The lowest BCUT2D eigenvalue weighted by atomic mass is 9.91. The molecule has 1 saturated carbocycles. The van der Waals surface area contributed by atoms with E-state index in [1.165, 1.54) is 37.7 Å². The highest BCUT2D eigenvalue weighted by atomic mass is 16.5. The van der Waals surface area contributed by atoms with Crippen LogP contribution in [0.1, 0.15) is 50.0 Å². The topological polar surface area (TPSA) is 21.3 Å². The summed E-state index contributed by atoms with van der Waals surface area (Å²) in [6, 6.07) is 9.27. The summed E-state index contributed by atoms with van der Waals surface area (Å²) in [6.45, 7) is 1.99. The molecular weight excluding hydrogens is 222 g/mol. The van der Waals surface area contributed by atoms with Gasteiger partial charge in [-0.05, 0) is 30.9 Å². The summed E-state index contributed by atoms with van der Waals surface area (Å²) in [4.78, 5) is 0. The van der Waals surface area contributed by atoms with Gasteiger partial charge in [-0.25, -0.2) is 0 Å². The van der Waals surface area contributed by atoms with E-state index in [-0.39, 0.29) is 0 Å². The van der Waals surface area contributed by atoms with Crippen LogP contribution in [-0.4, -0.2) is 19.2 Å². The fraction of sp³-hybridized carbons (Fsp3) is 0.625. The molecule has 1 aromatic carbocycles. The van der Waals surface area contributed by atoms with E-state index in [1.807, 2.05) is 0 Å². The van der Waals surface area contributed by atoms with Crippen molar-refractivity contribution in [2.75, 3.05) is 13.2 Å². The number of hydrogen-bond donors (Lipinski definition) is 1. The molecular formula is C16H23NO. The molecule has 3 rings (SSSR count). The van der Waals surface area contributed by atoms with Crippen LogP contribution in [0.2, 0.25) is 0 Å². The van der Waals surface area contributed by atoms with E-state index < -0.39 is 0 Å². The zero-order valence-electron chi connectivity index (χ0n) is 11.0. The Morgan fingerprint density at radius 3 is 2.78 bits per heavy atom. The third-order valence-electron chi connectivity index (χ3n) is 4.34. The minimum atomic E-state index is 0.636. The molecule has 1 atom stereocenters. The molecule has 1 heterocycles. The lowest BCUT2D eigenvalue weighted by molar-refractivity contribution is 0.258. The van der Waals surface area contributed by atoms with Gasteiger partial charge in [0.1, 0.15) is 5.75 Å². The molecule has 98 valence electrons. The Kier molecular flexibility index (Phi) is 3.84. The lowest BCUT2D eigenvalue weighted by Crippen LogP contribution is -2.35. The smallest absolute Gasteiger partial charge is 0.122 e. The quantitative estimate of drug-likeness (QED) is 0.880. The van der Waals surface area contributed by atoms with Crippen molar-refractivity contribution < 1.29 is 4.74 Å². The summed E-state index contributed by atoms with van der Waals surface area (Å²) in [6.07, 6.45) is 8.12. The van der Waals surface area contributed by atoms with Crippen molar-refractivity contribution in [3.05, 3.63) is 29.8 Å². The molecule has 0 bridgehead atoms. The number of nitrogens with one attached hydrogen (secondary N) is 1. The van der Waals surface area contributed by atoms with E-state index in [0.717, 1.165) is 31.4 Å². The van der Waals surface area contributed by atoms with Crippen molar-refractivity contribution in [3.63, 3.8) is 0 Å². The summed E-state index contributed by atoms with van der Waals surface area (Å²) in [5.41, 5.74) is 1.40. The first-order valence-corrected chi connectivity index (χ1v) is 7.38. The van der Waals surface area contributed by atoms with Crippen LogP contribution >= 0.6 is 0 Å². The van der Waals surface area contributed by atoms with Crippen LogP contribution in [0.15, 0.2) is 24.3 Å². The fourth-order valence-electron chi connectivity index (χ4n) is 3.24. The number of hydrogen-bond acceptors (Lipinski definition) is 2. The molecule has 1 fully saturated rings. The normalized spacial score (nSPS) is 24.3. The Hall–Kier alpha value is -1.02. The number of rotatable bonds is 3. The van der Waals surface area contributed by atoms with Crippen LogP contribution < -0.4 is 10.1 Å². The monoisotopic (exact) mass is 245 g/mol. The molecule has 0 spiro atoms. The van der Waals surface area contributed by atoms with Crippen LogP contribution in [0.5, 0.6) is 5.75 Å². The Morgan fingerprint density at radius 1 is 1.06 bits per heavy atom. The minimum absolute atomic E-state index is 0.636. The second-order valence-electron chi connectivity index (χ2n) is 5.62. The van der Waals surface area contributed by atoms with Gasteiger partial charge in [-0.2, -0.15) is 0 Å². The molecule has 18 heavy (non-hydrogen) atoms. The average molecular weight is 245 g/mol. The molecule has 1 N–H and O–H groups in total. The van der Waals surface area contributed by atoms with Gasteiger partial charge in [0.2, 0.25) is 0 Å². The third kappa shape index (κ3) is 2.69. The molecule has 1 aromatic rings. The molecule has 0 radical (unpaired) electrons. The Labute approximate surface area is 110 Å². The van der Waals surface area contributed by atoms with Gasteiger partial charge < -0.3 is 10.1 Å². The maximum absolute atomic E-state index is 5.72. The third-order valence-corrected chi connectivity index (χ3v) is 4.34. The zero-order valence-corrected chi connectivity index (χ0v) is 11.0. The maximum Gasteiger partial charge on any atom is 0.122 e. The van der Waals surface area contributed by atoms with E-state index >= 15 is 0 Å². The molecule has 0 aromatic heterocycles. The second kappa shape index (κ2) is 5.75. The van der Waals surface area contributed by atoms with Gasteiger partial charge in [0.25, 0.3) is 0 Å². The van der Waals surface area contributed by atoms with Gasteiger partial charge in [0, 0.05) is 18.5 Å². The summed E-state index contributed by atoms with van der Waals surface area (Å²) in [5.74, 6) is 1.73. The summed E-state index contributed by atoms with van der Waals surface area (Å²) in [7, 11) is 0. The van der Waals surface area contributed by atoms with Crippen molar-refractivity contribution >= 4 is 0 Å². The molecule has 0 saturated heterocycles. The average Bonchev–Trinajstić information content (AvgIpc) is 2.46. The van der Waals surface area contributed by atoms with Crippen LogP contribution in [0.3, 0.4) is 0 Å². The van der Waals surface area contributed by atoms with Gasteiger partial charge in [-0.1, -0.05) is 37.5 Å². The van der Waals surface area contributed by atoms with Gasteiger partial charge in [-0.15, -0.1) is 0 Å². The molecule has 2 nitrogen and oxygen atoms in total. The van der Waals surface area contributed by atoms with E-state index in [0.29, 0.717) is 5.92 Å². The number of para-hydroxylation sites is 1. The maximum atomic E-state index is 5.72. The summed E-state index contributed by atoms with van der Waals surface area (Å²) >= 11 is 0. The number of benzene rings is 1. The first-order chi connectivity index (χ1) is 8.93. The molecule has 0 amide bonds. The second-order valence-corrected chi connectivity index (χ2v) is 5.62. The van der Waals surface area contributed by atoms with Crippen molar-refractivity contribution in [2.45, 2.75) is 50.5 Å². The van der Waals surface area contributed by atoms with Crippen molar-refractivity contribution in [3.8, 4) is 5.75 Å². The van der Waals surface area contributed by atoms with Crippen molar-refractivity contribution in [1.29, 1.82) is 0 Å². The molecule has 2 aliphatic rings. The van der Waals surface area contributed by atoms with Gasteiger partial charge in [0.15, 0.2) is 0 Å². The largest absolute Gasteiger partial charge is 0.493 e. The van der Waals surface area contributed by atoms with E-state index in [2.05, 4.69) is 29.6 Å². The SMILES string of the molecule is c1ccc2c(c1)OCCC2CNC1CCCCC1. The first-order valence-electron chi connectivity index (χ1n) is 7.38. The van der Waals surface area contributed by atoms with Gasteiger partial charge in [-0.3, -0.25) is 0 Å². The zero-order chi connectivity index (χ0) is 12.2. The van der Waals surface area contributed by atoms with Crippen LogP contribution in [-0.2, 0) is 0 Å². The standard InChI is InChI=1S/C16H23NO/c1-2-6-14(7-3-1)17-12-13-10-11-18-16-9-5-4-8-15(13)16/h4-5,8-9,13-14,17H,1-3,6-7,10-12H2. The Bertz CT molecular complexity index is 384. The lowest BCUT2D eigenvalue weighted by Gasteiger charge is -2.29. The van der Waals surface area contributed by atoms with Crippen molar-refractivity contribution in [1.82, 2.24) is 5.32 Å². The Balaban J connectivity index is 1.60. The Morgan fingerprint density at radius 2 is 1.89 bits per heavy atom. The number of fused-ring (bicyclic) bond motifs is 1. The minimum Gasteiger partial charge on any atom is -0.493 e. The first kappa shape index (κ1) is 12.0. The number of ether oxygens (including phenoxy) is 1. The van der Waals surface area contributed by atoms with Gasteiger partial charge >= 0.3 is 0 Å². The summed E-state index contributed by atoms with van der Waals surface area (Å²) < 4.78 is 5.72. The molecule has 1 unspecified atom stereocenters. The predicted octanol–water partition coefficient (Wildman–Crippen LogP) is 3.48. The molecule has 1 aliphatic heterocycles. The molecule has 1 aliphatic carbocycles. The molecule has 2 heteroatoms. The highest BCUT2D eigenvalue weighted by Crippen LogP contribution is 2.33. The highest BCUT2D eigenvalue weighted by Gasteiger charge is 2.22. The van der Waals surface area contributed by atoms with E-state index in [1.54, 1.807) is 0 Å². The van der Waals surface area contributed by atoms with Gasteiger partial charge in [0.05, 0.1) is 6.61 Å². The van der Waals surface area contributed by atoms with Crippen molar-refractivity contribution in [2.24, 2.45) is 0 Å². The van der Waals surface area contributed by atoms with Crippen LogP contribution in [0.25, 0.3) is 0 Å². The fourth-order valence-corrected chi connectivity index (χ4v) is 3.24.